The van der Waals surface area contributed by atoms with Gasteiger partial charge in [0.05, 0.1) is 5.41 Å². The van der Waals surface area contributed by atoms with Crippen LogP contribution in [0.25, 0.3) is 0 Å². The van der Waals surface area contributed by atoms with Crippen molar-refractivity contribution < 1.29 is 9.59 Å². The van der Waals surface area contributed by atoms with Gasteiger partial charge in [-0.3, -0.25) is 4.79 Å². The number of hydrogen-bond donors (Lipinski definition) is 1. The van der Waals surface area contributed by atoms with Gasteiger partial charge in [-0.05, 0) is 54.0 Å². The van der Waals surface area contributed by atoms with Crippen molar-refractivity contribution in [2.75, 3.05) is 12.3 Å². The molecule has 0 saturated heterocycles. The zero-order valence-corrected chi connectivity index (χ0v) is 21.0. The Bertz CT molecular complexity index is 1200. The van der Waals surface area contributed by atoms with Crippen molar-refractivity contribution in [3.63, 3.8) is 0 Å². The molecule has 0 radical (unpaired) electrons. The lowest BCUT2D eigenvalue weighted by Gasteiger charge is -2.30. The van der Waals surface area contributed by atoms with Gasteiger partial charge >= 0.3 is 0 Å². The lowest BCUT2D eigenvalue weighted by Crippen LogP contribution is -2.39. The van der Waals surface area contributed by atoms with E-state index < -0.39 is 10.8 Å². The maximum absolute atomic E-state index is 13.1. The van der Waals surface area contributed by atoms with Gasteiger partial charge in [0.1, 0.15) is 12.1 Å². The van der Waals surface area contributed by atoms with Gasteiger partial charge in [-0.2, -0.15) is 0 Å². The largest absolute Gasteiger partial charge is 0.383 e. The first-order chi connectivity index (χ1) is 16.7. The van der Waals surface area contributed by atoms with E-state index in [0.29, 0.717) is 31.7 Å². The molecule has 0 bridgehead atoms. The van der Waals surface area contributed by atoms with E-state index in [1.807, 2.05) is 56.0 Å². The van der Waals surface area contributed by atoms with Crippen molar-refractivity contribution in [2.24, 2.45) is 5.41 Å². The standard InChI is InChI=1S/C30H35N3O2/c1-29(2,3)28(35)33(20-23-9-5-4-6-10-23)16-8-11-22-13-14-24-18-30(21-34,19-25(24)17-22)26-12-7-15-32-27(26)31/h4-7,9-10,12-15,17,21H,8,11,16,18-20H2,1-3H3,(H2,31,32). The van der Waals surface area contributed by atoms with E-state index >= 15 is 0 Å². The molecule has 35 heavy (non-hydrogen) atoms. The zero-order valence-electron chi connectivity index (χ0n) is 21.0. The number of nitrogens with zero attached hydrogens (tertiary/aromatic N) is 2. The molecular formula is C30H35N3O2. The quantitative estimate of drug-likeness (QED) is 0.476. The van der Waals surface area contributed by atoms with E-state index in [1.165, 1.54) is 16.7 Å². The van der Waals surface area contributed by atoms with E-state index in [2.05, 4.69) is 35.3 Å². The van der Waals surface area contributed by atoms with Gasteiger partial charge in [0.15, 0.2) is 0 Å². The summed E-state index contributed by atoms with van der Waals surface area (Å²) in [5.41, 5.74) is 10.6. The summed E-state index contributed by atoms with van der Waals surface area (Å²) in [6, 6.07) is 20.4. The fourth-order valence-electron chi connectivity index (χ4n) is 5.09. The molecule has 1 aromatic heterocycles. The Labute approximate surface area is 208 Å². The lowest BCUT2D eigenvalue weighted by molar-refractivity contribution is -0.140. The molecule has 1 aliphatic carbocycles. The molecule has 4 rings (SSSR count). The highest BCUT2D eigenvalue weighted by Gasteiger charge is 2.40. The molecule has 5 nitrogen and oxygen atoms in total. The van der Waals surface area contributed by atoms with E-state index in [9.17, 15) is 9.59 Å². The molecule has 0 spiro atoms. The molecule has 3 aromatic rings. The number of nitrogen functional groups attached to an aromatic ring is 1. The van der Waals surface area contributed by atoms with Gasteiger partial charge in [-0.15, -0.1) is 0 Å². The van der Waals surface area contributed by atoms with Crippen molar-refractivity contribution >= 4 is 18.0 Å². The highest BCUT2D eigenvalue weighted by Crippen LogP contribution is 2.40. The summed E-state index contributed by atoms with van der Waals surface area (Å²) in [5.74, 6) is 0.592. The number of pyridine rings is 1. The predicted octanol–water partition coefficient (Wildman–Crippen LogP) is 4.91. The third kappa shape index (κ3) is 5.45. The summed E-state index contributed by atoms with van der Waals surface area (Å²) in [4.78, 5) is 31.5. The summed E-state index contributed by atoms with van der Waals surface area (Å²) in [5, 5.41) is 0. The Hall–Kier alpha value is -3.47. The highest BCUT2D eigenvalue weighted by molar-refractivity contribution is 5.81. The first-order valence-electron chi connectivity index (χ1n) is 12.3. The molecule has 1 amide bonds. The van der Waals surface area contributed by atoms with E-state index in [1.54, 1.807) is 6.20 Å². The summed E-state index contributed by atoms with van der Waals surface area (Å²) in [6.45, 7) is 7.24. The fraction of sp³-hybridized carbons (Fsp3) is 0.367. The molecule has 0 saturated carbocycles. The van der Waals surface area contributed by atoms with E-state index in [-0.39, 0.29) is 5.91 Å². The number of amides is 1. The minimum Gasteiger partial charge on any atom is -0.383 e. The second-order valence-corrected chi connectivity index (χ2v) is 10.7. The van der Waals surface area contributed by atoms with Gasteiger partial charge < -0.3 is 15.4 Å². The SMILES string of the molecule is CC(C)(C)C(=O)N(CCCc1ccc2c(c1)CC(C=O)(c1cccnc1N)C2)Cc1ccccc1. The van der Waals surface area contributed by atoms with Crippen LogP contribution in [0.5, 0.6) is 0 Å². The minimum atomic E-state index is -0.648. The molecule has 5 heteroatoms. The van der Waals surface area contributed by atoms with E-state index in [0.717, 1.165) is 30.3 Å². The third-order valence-electron chi connectivity index (χ3n) is 6.92. The molecule has 1 unspecified atom stereocenters. The van der Waals surface area contributed by atoms with Crippen molar-refractivity contribution in [3.8, 4) is 0 Å². The van der Waals surface area contributed by atoms with Crippen LogP contribution in [0.4, 0.5) is 5.82 Å². The predicted molar refractivity (Wildman–Crippen MR) is 140 cm³/mol. The molecule has 1 aliphatic rings. The van der Waals surface area contributed by atoms with Crippen molar-refractivity contribution in [3.05, 3.63) is 94.7 Å². The summed E-state index contributed by atoms with van der Waals surface area (Å²) in [7, 11) is 0. The zero-order chi connectivity index (χ0) is 25.1. The maximum atomic E-state index is 13.1. The molecule has 0 fully saturated rings. The number of aryl methyl sites for hydroxylation is 1. The summed E-state index contributed by atoms with van der Waals surface area (Å²) >= 11 is 0. The Morgan fingerprint density at radius 1 is 1.03 bits per heavy atom. The number of nitrogens with two attached hydrogens (primary N) is 1. The van der Waals surface area contributed by atoms with Crippen LogP contribution < -0.4 is 5.73 Å². The smallest absolute Gasteiger partial charge is 0.228 e. The molecule has 0 aliphatic heterocycles. The number of benzene rings is 2. The van der Waals surface area contributed by atoms with Crippen molar-refractivity contribution in [1.82, 2.24) is 9.88 Å². The normalized spacial score (nSPS) is 17.1. The molecule has 1 atom stereocenters. The van der Waals surface area contributed by atoms with Crippen LogP contribution in [-0.2, 0) is 40.8 Å². The summed E-state index contributed by atoms with van der Waals surface area (Å²) in [6.07, 6.45) is 5.73. The molecular weight excluding hydrogens is 434 g/mol. The highest BCUT2D eigenvalue weighted by atomic mass is 16.2. The van der Waals surface area contributed by atoms with Crippen LogP contribution in [0.2, 0.25) is 0 Å². The average Bonchev–Trinajstić information content (AvgIpc) is 3.22. The Balaban J connectivity index is 1.45. The van der Waals surface area contributed by atoms with Crippen molar-refractivity contribution in [1.29, 1.82) is 0 Å². The Morgan fingerprint density at radius 2 is 1.77 bits per heavy atom. The first kappa shape index (κ1) is 24.6. The second kappa shape index (κ2) is 10.0. The van der Waals surface area contributed by atoms with Crippen LogP contribution in [-0.4, -0.2) is 28.6 Å². The number of fused-ring (bicyclic) bond motifs is 1. The molecule has 2 N–H and O–H groups in total. The van der Waals surface area contributed by atoms with Gasteiger partial charge in [0.2, 0.25) is 5.91 Å². The first-order valence-corrected chi connectivity index (χ1v) is 12.3. The number of hydrogen-bond acceptors (Lipinski definition) is 4. The summed E-state index contributed by atoms with van der Waals surface area (Å²) < 4.78 is 0. The lowest BCUT2D eigenvalue weighted by atomic mass is 9.79. The number of aldehydes is 1. The van der Waals surface area contributed by atoms with E-state index in [4.69, 9.17) is 5.73 Å². The monoisotopic (exact) mass is 469 g/mol. The maximum Gasteiger partial charge on any atom is 0.228 e. The third-order valence-corrected chi connectivity index (χ3v) is 6.92. The topological polar surface area (TPSA) is 76.3 Å². The van der Waals surface area contributed by atoms with Gasteiger partial charge in [-0.25, -0.2) is 4.98 Å². The molecule has 182 valence electrons. The number of anilines is 1. The van der Waals surface area contributed by atoms with Crippen LogP contribution in [0.15, 0.2) is 66.9 Å². The van der Waals surface area contributed by atoms with Crippen molar-refractivity contribution in [2.45, 2.75) is 58.4 Å². The number of aromatic nitrogens is 1. The van der Waals surface area contributed by atoms with Crippen LogP contribution in [0.1, 0.15) is 55.0 Å². The van der Waals surface area contributed by atoms with Crippen LogP contribution in [0.3, 0.4) is 0 Å². The molecule has 1 heterocycles. The Kier molecular flexibility index (Phi) is 7.06. The minimum absolute atomic E-state index is 0.167. The van der Waals surface area contributed by atoms with Gasteiger partial charge in [0, 0.05) is 30.3 Å². The average molecular weight is 470 g/mol. The van der Waals surface area contributed by atoms with Gasteiger partial charge in [-0.1, -0.05) is 75.4 Å². The van der Waals surface area contributed by atoms with Gasteiger partial charge in [0.25, 0.3) is 0 Å². The number of carbonyl (C=O) groups is 2. The van der Waals surface area contributed by atoms with Crippen LogP contribution >= 0.6 is 0 Å². The Morgan fingerprint density at radius 3 is 2.46 bits per heavy atom. The number of rotatable bonds is 8. The second-order valence-electron chi connectivity index (χ2n) is 10.7. The molecule has 2 aromatic carbocycles. The van der Waals surface area contributed by atoms with Crippen LogP contribution in [0, 0.1) is 5.41 Å². The number of carbonyl (C=O) groups excluding carboxylic acids is 2. The fourth-order valence-corrected chi connectivity index (χ4v) is 5.09.